The van der Waals surface area contributed by atoms with Gasteiger partial charge in [0.25, 0.3) is 0 Å². The van der Waals surface area contributed by atoms with E-state index in [0.717, 1.165) is 0 Å². The fraction of sp³-hybridized carbons (Fsp3) is 0.167. The van der Waals surface area contributed by atoms with Crippen molar-refractivity contribution in [1.29, 1.82) is 5.26 Å². The van der Waals surface area contributed by atoms with Crippen LogP contribution in [0.3, 0.4) is 0 Å². The van der Waals surface area contributed by atoms with E-state index >= 15 is 0 Å². The van der Waals surface area contributed by atoms with E-state index in [0.29, 0.717) is 27.7 Å². The summed E-state index contributed by atoms with van der Waals surface area (Å²) in [5.41, 5.74) is 2.53. The normalized spacial score (nSPS) is 10.2. The van der Waals surface area contributed by atoms with Crippen LogP contribution in [0.15, 0.2) is 24.3 Å². The second-order valence-electron chi connectivity index (χ2n) is 3.59. The molecule has 0 aliphatic heterocycles. The number of hydrogen-bond acceptors (Lipinski definition) is 3. The number of aliphatic hydroxyl groups is 1. The summed E-state index contributed by atoms with van der Waals surface area (Å²) < 4.78 is 1.52. The van der Waals surface area contributed by atoms with Gasteiger partial charge in [0.05, 0.1) is 29.6 Å². The maximum absolute atomic E-state index is 9.17. The molecule has 0 unspecified atom stereocenters. The molecule has 0 aliphatic carbocycles. The lowest BCUT2D eigenvalue weighted by atomic mass is 10.2. The summed E-state index contributed by atoms with van der Waals surface area (Å²) >= 11 is 6.12. The molecule has 86 valence electrons. The topological polar surface area (TPSA) is 61.8 Å². The molecule has 5 heteroatoms. The summed E-state index contributed by atoms with van der Waals surface area (Å²) in [7, 11) is 0. The number of rotatable bonds is 2. The number of nitrogens with zero attached hydrogens (tertiary/aromatic N) is 3. The number of aliphatic hydroxyl groups excluding tert-OH is 1. The SMILES string of the molecule is Cc1nn(-c2cccc(C#N)c2)c(Cl)c1CO. The van der Waals surface area contributed by atoms with Crippen LogP contribution >= 0.6 is 11.6 Å². The maximum atomic E-state index is 9.17. The predicted octanol–water partition coefficient (Wildman–Crippen LogP) is 2.20. The van der Waals surface area contributed by atoms with Gasteiger partial charge in [-0.15, -0.1) is 0 Å². The third kappa shape index (κ3) is 2.03. The summed E-state index contributed by atoms with van der Waals surface area (Å²) in [6.07, 6.45) is 0. The Morgan fingerprint density at radius 1 is 1.53 bits per heavy atom. The zero-order valence-corrected chi connectivity index (χ0v) is 9.94. The van der Waals surface area contributed by atoms with Gasteiger partial charge in [-0.1, -0.05) is 17.7 Å². The Morgan fingerprint density at radius 3 is 2.88 bits per heavy atom. The van der Waals surface area contributed by atoms with E-state index in [-0.39, 0.29) is 6.61 Å². The largest absolute Gasteiger partial charge is 0.391 e. The van der Waals surface area contributed by atoms with E-state index in [1.54, 1.807) is 31.2 Å². The van der Waals surface area contributed by atoms with Gasteiger partial charge in [-0.25, -0.2) is 4.68 Å². The Balaban J connectivity index is 2.57. The molecule has 0 radical (unpaired) electrons. The number of aromatic nitrogens is 2. The van der Waals surface area contributed by atoms with Crippen molar-refractivity contribution in [3.05, 3.63) is 46.2 Å². The Labute approximate surface area is 104 Å². The van der Waals surface area contributed by atoms with Gasteiger partial charge in [-0.05, 0) is 25.1 Å². The highest BCUT2D eigenvalue weighted by molar-refractivity contribution is 6.30. The number of aryl methyl sites for hydroxylation is 1. The number of nitriles is 1. The third-order valence-corrected chi connectivity index (χ3v) is 2.89. The maximum Gasteiger partial charge on any atom is 0.138 e. The van der Waals surface area contributed by atoms with E-state index in [1.165, 1.54) is 4.68 Å². The highest BCUT2D eigenvalue weighted by atomic mass is 35.5. The molecular weight excluding hydrogens is 238 g/mol. The lowest BCUT2D eigenvalue weighted by Crippen LogP contribution is -1.97. The molecule has 0 saturated heterocycles. The molecule has 0 atom stereocenters. The second kappa shape index (κ2) is 4.58. The van der Waals surface area contributed by atoms with Gasteiger partial charge in [0.1, 0.15) is 5.15 Å². The van der Waals surface area contributed by atoms with Gasteiger partial charge in [0.15, 0.2) is 0 Å². The van der Waals surface area contributed by atoms with E-state index < -0.39 is 0 Å². The van der Waals surface area contributed by atoms with Crippen LogP contribution in [0.25, 0.3) is 5.69 Å². The monoisotopic (exact) mass is 247 g/mol. The van der Waals surface area contributed by atoms with Gasteiger partial charge in [0.2, 0.25) is 0 Å². The second-order valence-corrected chi connectivity index (χ2v) is 3.94. The molecule has 0 bridgehead atoms. The van der Waals surface area contributed by atoms with Crippen LogP contribution in [0.1, 0.15) is 16.8 Å². The lowest BCUT2D eigenvalue weighted by molar-refractivity contribution is 0.281. The Hall–Kier alpha value is -1.83. The molecular formula is C12H10ClN3O. The summed E-state index contributed by atoms with van der Waals surface area (Å²) in [5, 5.41) is 22.6. The zero-order valence-electron chi connectivity index (χ0n) is 9.18. The molecule has 17 heavy (non-hydrogen) atoms. The molecule has 4 nitrogen and oxygen atoms in total. The molecule has 0 spiro atoms. The first-order valence-electron chi connectivity index (χ1n) is 5.02. The van der Waals surface area contributed by atoms with Crippen LogP contribution in [-0.4, -0.2) is 14.9 Å². The predicted molar refractivity (Wildman–Crippen MR) is 63.9 cm³/mol. The first-order chi connectivity index (χ1) is 8.17. The van der Waals surface area contributed by atoms with Crippen molar-refractivity contribution in [3.63, 3.8) is 0 Å². The number of halogens is 1. The molecule has 1 N–H and O–H groups in total. The Morgan fingerprint density at radius 2 is 2.29 bits per heavy atom. The van der Waals surface area contributed by atoms with Gasteiger partial charge in [-0.3, -0.25) is 0 Å². The molecule has 0 saturated carbocycles. The standard InChI is InChI=1S/C12H10ClN3O/c1-8-11(7-17)12(13)16(15-8)10-4-2-3-9(5-10)6-14/h2-5,17H,7H2,1H3. The van der Waals surface area contributed by atoms with Crippen LogP contribution in [0, 0.1) is 18.3 Å². The smallest absolute Gasteiger partial charge is 0.138 e. The average molecular weight is 248 g/mol. The van der Waals surface area contributed by atoms with Crippen LogP contribution in [0.5, 0.6) is 0 Å². The molecule has 2 rings (SSSR count). The van der Waals surface area contributed by atoms with E-state index in [9.17, 15) is 5.11 Å². The van der Waals surface area contributed by atoms with Gasteiger partial charge in [-0.2, -0.15) is 10.4 Å². The first-order valence-corrected chi connectivity index (χ1v) is 5.40. The van der Waals surface area contributed by atoms with Gasteiger partial charge in [0, 0.05) is 5.56 Å². The van der Waals surface area contributed by atoms with Crippen molar-refractivity contribution >= 4 is 11.6 Å². The number of benzene rings is 1. The summed E-state index contributed by atoms with van der Waals surface area (Å²) in [6, 6.07) is 9.03. The van der Waals surface area contributed by atoms with Crippen molar-refractivity contribution in [1.82, 2.24) is 9.78 Å². The van der Waals surface area contributed by atoms with Gasteiger partial charge >= 0.3 is 0 Å². The van der Waals surface area contributed by atoms with Crippen molar-refractivity contribution in [3.8, 4) is 11.8 Å². The highest BCUT2D eigenvalue weighted by Crippen LogP contribution is 2.23. The highest BCUT2D eigenvalue weighted by Gasteiger charge is 2.13. The fourth-order valence-electron chi connectivity index (χ4n) is 1.59. The van der Waals surface area contributed by atoms with Crippen LogP contribution < -0.4 is 0 Å². The van der Waals surface area contributed by atoms with Crippen LogP contribution in [0.4, 0.5) is 0 Å². The molecule has 1 aromatic carbocycles. The molecule has 1 aromatic heterocycles. The minimum absolute atomic E-state index is 0.150. The molecule has 0 amide bonds. The van der Waals surface area contributed by atoms with Crippen molar-refractivity contribution < 1.29 is 5.11 Å². The lowest BCUT2D eigenvalue weighted by Gasteiger charge is -2.03. The molecule has 0 fully saturated rings. The van der Waals surface area contributed by atoms with Crippen molar-refractivity contribution in [2.24, 2.45) is 0 Å². The quantitative estimate of drug-likeness (QED) is 0.885. The summed E-state index contributed by atoms with van der Waals surface area (Å²) in [5.74, 6) is 0. The first kappa shape index (κ1) is 11.6. The van der Waals surface area contributed by atoms with E-state index in [2.05, 4.69) is 11.2 Å². The fourth-order valence-corrected chi connectivity index (χ4v) is 1.92. The number of hydrogen-bond donors (Lipinski definition) is 1. The summed E-state index contributed by atoms with van der Waals surface area (Å²) in [6.45, 7) is 1.63. The zero-order chi connectivity index (χ0) is 12.4. The van der Waals surface area contributed by atoms with Gasteiger partial charge < -0.3 is 5.11 Å². The minimum Gasteiger partial charge on any atom is -0.391 e. The minimum atomic E-state index is -0.150. The molecule has 2 aromatic rings. The molecule has 0 aliphatic rings. The van der Waals surface area contributed by atoms with Crippen LogP contribution in [0.2, 0.25) is 5.15 Å². The average Bonchev–Trinajstić information content (AvgIpc) is 2.64. The third-order valence-electron chi connectivity index (χ3n) is 2.50. The Kier molecular flexibility index (Phi) is 3.14. The summed E-state index contributed by atoms with van der Waals surface area (Å²) in [4.78, 5) is 0. The van der Waals surface area contributed by atoms with Crippen molar-refractivity contribution in [2.45, 2.75) is 13.5 Å². The van der Waals surface area contributed by atoms with E-state index in [4.69, 9.17) is 16.9 Å². The molecule has 1 heterocycles. The Bertz CT molecular complexity index is 598. The van der Waals surface area contributed by atoms with Crippen molar-refractivity contribution in [2.75, 3.05) is 0 Å². The van der Waals surface area contributed by atoms with Crippen LogP contribution in [-0.2, 0) is 6.61 Å². The van der Waals surface area contributed by atoms with E-state index in [1.807, 2.05) is 0 Å².